The van der Waals surface area contributed by atoms with Crippen LogP contribution >= 0.6 is 15.9 Å². The van der Waals surface area contributed by atoms with E-state index in [2.05, 4.69) is 20.9 Å². The molecule has 54 valence electrons. The highest BCUT2D eigenvalue weighted by atomic mass is 79.9. The Morgan fingerprint density at radius 1 is 1.70 bits per heavy atom. The minimum absolute atomic E-state index is 0.262. The Balaban J connectivity index is 2.53. The number of aromatic amines is 1. The molecule has 2 nitrogen and oxygen atoms in total. The number of nitrogens with two attached hydrogens (primary N) is 1. The fourth-order valence-corrected chi connectivity index (χ4v) is 2.02. The molecule has 1 aromatic heterocycles. The van der Waals surface area contributed by atoms with Gasteiger partial charge < -0.3 is 10.7 Å². The first kappa shape index (κ1) is 6.43. The van der Waals surface area contributed by atoms with Crippen LogP contribution in [0.2, 0.25) is 0 Å². The van der Waals surface area contributed by atoms with Crippen molar-refractivity contribution in [3.05, 3.63) is 21.9 Å². The van der Waals surface area contributed by atoms with E-state index in [0.717, 1.165) is 17.4 Å². The molecule has 1 atom stereocenters. The third-order valence-electron chi connectivity index (χ3n) is 2.07. The third kappa shape index (κ3) is 0.739. The summed E-state index contributed by atoms with van der Waals surface area (Å²) < 4.78 is 1.11. The van der Waals surface area contributed by atoms with Gasteiger partial charge in [-0.25, -0.2) is 0 Å². The van der Waals surface area contributed by atoms with E-state index in [4.69, 9.17) is 5.73 Å². The van der Waals surface area contributed by atoms with E-state index < -0.39 is 0 Å². The molecule has 0 aliphatic heterocycles. The van der Waals surface area contributed by atoms with Gasteiger partial charge >= 0.3 is 0 Å². The van der Waals surface area contributed by atoms with Crippen LogP contribution in [0.5, 0.6) is 0 Å². The fourth-order valence-electron chi connectivity index (χ4n) is 1.48. The fraction of sp³-hybridized carbons (Fsp3) is 0.429. The van der Waals surface area contributed by atoms with Gasteiger partial charge in [0.2, 0.25) is 0 Å². The smallest absolute Gasteiger partial charge is 0.0855 e. The van der Waals surface area contributed by atoms with Gasteiger partial charge in [-0.05, 0) is 39.9 Å². The first-order chi connectivity index (χ1) is 4.79. The highest BCUT2D eigenvalue weighted by Crippen LogP contribution is 2.33. The predicted molar refractivity (Wildman–Crippen MR) is 43.7 cm³/mol. The van der Waals surface area contributed by atoms with Crippen LogP contribution < -0.4 is 5.73 Å². The monoisotopic (exact) mass is 200 g/mol. The van der Waals surface area contributed by atoms with Gasteiger partial charge in [0.1, 0.15) is 0 Å². The second kappa shape index (κ2) is 2.10. The molecule has 0 spiro atoms. The largest absolute Gasteiger partial charge is 0.355 e. The summed E-state index contributed by atoms with van der Waals surface area (Å²) in [7, 11) is 0. The highest BCUT2D eigenvalue weighted by molar-refractivity contribution is 9.10. The van der Waals surface area contributed by atoms with E-state index in [0.29, 0.717) is 0 Å². The van der Waals surface area contributed by atoms with Crippen LogP contribution in [0.1, 0.15) is 23.6 Å². The number of halogens is 1. The molecule has 1 aliphatic rings. The van der Waals surface area contributed by atoms with Crippen molar-refractivity contribution in [2.75, 3.05) is 0 Å². The molecule has 3 N–H and O–H groups in total. The molecule has 10 heavy (non-hydrogen) atoms. The van der Waals surface area contributed by atoms with Crippen molar-refractivity contribution in [1.29, 1.82) is 0 Å². The molecule has 1 heterocycles. The summed E-state index contributed by atoms with van der Waals surface area (Å²) in [5.41, 5.74) is 8.47. The summed E-state index contributed by atoms with van der Waals surface area (Å²) >= 11 is 3.43. The average Bonchev–Trinajstić information content (AvgIpc) is 2.41. The molecule has 1 aliphatic carbocycles. The second-order valence-corrected chi connectivity index (χ2v) is 3.47. The summed E-state index contributed by atoms with van der Waals surface area (Å²) in [6, 6.07) is 0.262. The lowest BCUT2D eigenvalue weighted by atomic mass is 10.2. The van der Waals surface area contributed by atoms with E-state index in [-0.39, 0.29) is 6.04 Å². The molecule has 0 bridgehead atoms. The molecule has 1 unspecified atom stereocenters. The lowest BCUT2D eigenvalue weighted by Crippen LogP contribution is -2.03. The Labute approximate surface area is 67.9 Å². The zero-order chi connectivity index (χ0) is 7.14. The Bertz CT molecular complexity index is 254. The van der Waals surface area contributed by atoms with Crippen molar-refractivity contribution in [3.63, 3.8) is 0 Å². The molecule has 1 aromatic rings. The normalized spacial score (nSPS) is 23.2. The molecular formula is C7H9BrN2. The molecule has 0 saturated heterocycles. The Hall–Kier alpha value is -0.280. The van der Waals surface area contributed by atoms with Gasteiger partial charge in [-0.2, -0.15) is 0 Å². The third-order valence-corrected chi connectivity index (χ3v) is 2.78. The number of H-pyrrole nitrogens is 1. The standard InChI is InChI=1S/C7H9BrN2/c8-7-4-1-2-6(9)5(4)3-10-7/h3,6,10H,1-2,9H2. The summed E-state index contributed by atoms with van der Waals surface area (Å²) in [6.45, 7) is 0. The number of hydrogen-bond acceptors (Lipinski definition) is 1. The van der Waals surface area contributed by atoms with Crippen LogP contribution in [0.25, 0.3) is 0 Å². The van der Waals surface area contributed by atoms with Crippen molar-refractivity contribution in [3.8, 4) is 0 Å². The number of rotatable bonds is 0. The van der Waals surface area contributed by atoms with Crippen molar-refractivity contribution < 1.29 is 0 Å². The summed E-state index contributed by atoms with van der Waals surface area (Å²) in [5, 5.41) is 0. The topological polar surface area (TPSA) is 41.8 Å². The van der Waals surface area contributed by atoms with Gasteiger partial charge in [0.05, 0.1) is 4.60 Å². The summed E-state index contributed by atoms with van der Waals surface area (Å²) in [6.07, 6.45) is 4.20. The predicted octanol–water partition coefficient (Wildman–Crippen LogP) is 1.72. The van der Waals surface area contributed by atoms with E-state index in [9.17, 15) is 0 Å². The minimum Gasteiger partial charge on any atom is -0.355 e. The van der Waals surface area contributed by atoms with Gasteiger partial charge in [-0.15, -0.1) is 0 Å². The maximum absolute atomic E-state index is 5.82. The van der Waals surface area contributed by atoms with Crippen LogP contribution in [0, 0.1) is 0 Å². The highest BCUT2D eigenvalue weighted by Gasteiger charge is 2.21. The van der Waals surface area contributed by atoms with Crippen molar-refractivity contribution in [2.24, 2.45) is 5.73 Å². The SMILES string of the molecule is NC1CCc2c1c[nH]c2Br. The lowest BCUT2D eigenvalue weighted by Gasteiger charge is -1.97. The van der Waals surface area contributed by atoms with Crippen molar-refractivity contribution in [2.45, 2.75) is 18.9 Å². The maximum atomic E-state index is 5.82. The number of aromatic nitrogens is 1. The van der Waals surface area contributed by atoms with Crippen LogP contribution in [-0.2, 0) is 6.42 Å². The van der Waals surface area contributed by atoms with Crippen molar-refractivity contribution in [1.82, 2.24) is 4.98 Å². The summed E-state index contributed by atoms with van der Waals surface area (Å²) in [4.78, 5) is 3.11. The van der Waals surface area contributed by atoms with Gasteiger partial charge in [0, 0.05) is 12.2 Å². The number of hydrogen-bond donors (Lipinski definition) is 2. The maximum Gasteiger partial charge on any atom is 0.0855 e. The minimum atomic E-state index is 0.262. The molecular weight excluding hydrogens is 192 g/mol. The van der Waals surface area contributed by atoms with E-state index in [1.165, 1.54) is 11.1 Å². The Morgan fingerprint density at radius 2 is 2.50 bits per heavy atom. The zero-order valence-electron chi connectivity index (χ0n) is 5.52. The molecule has 2 rings (SSSR count). The number of nitrogens with one attached hydrogen (secondary N) is 1. The Morgan fingerprint density at radius 3 is 3.20 bits per heavy atom. The first-order valence-corrected chi connectivity index (χ1v) is 4.19. The molecule has 0 radical (unpaired) electrons. The number of fused-ring (bicyclic) bond motifs is 1. The zero-order valence-corrected chi connectivity index (χ0v) is 7.11. The van der Waals surface area contributed by atoms with Gasteiger partial charge in [-0.1, -0.05) is 0 Å². The quantitative estimate of drug-likeness (QED) is 0.659. The van der Waals surface area contributed by atoms with E-state index >= 15 is 0 Å². The van der Waals surface area contributed by atoms with E-state index in [1.807, 2.05) is 6.20 Å². The van der Waals surface area contributed by atoms with Gasteiger partial charge in [0.15, 0.2) is 0 Å². The van der Waals surface area contributed by atoms with Crippen LogP contribution in [0.3, 0.4) is 0 Å². The lowest BCUT2D eigenvalue weighted by molar-refractivity contribution is 0.709. The molecule has 3 heteroatoms. The van der Waals surface area contributed by atoms with E-state index in [1.54, 1.807) is 0 Å². The molecule has 0 aromatic carbocycles. The van der Waals surface area contributed by atoms with Crippen LogP contribution in [-0.4, -0.2) is 4.98 Å². The molecule has 0 saturated carbocycles. The first-order valence-electron chi connectivity index (χ1n) is 3.40. The average molecular weight is 201 g/mol. The van der Waals surface area contributed by atoms with Gasteiger partial charge in [-0.3, -0.25) is 0 Å². The second-order valence-electron chi connectivity index (χ2n) is 2.68. The molecule has 0 fully saturated rings. The molecule has 0 amide bonds. The van der Waals surface area contributed by atoms with Crippen molar-refractivity contribution >= 4 is 15.9 Å². The van der Waals surface area contributed by atoms with Crippen LogP contribution in [0.4, 0.5) is 0 Å². The summed E-state index contributed by atoms with van der Waals surface area (Å²) in [5.74, 6) is 0. The Kier molecular flexibility index (Phi) is 1.35. The van der Waals surface area contributed by atoms with Crippen LogP contribution in [0.15, 0.2) is 10.8 Å². The van der Waals surface area contributed by atoms with Gasteiger partial charge in [0.25, 0.3) is 0 Å².